The summed E-state index contributed by atoms with van der Waals surface area (Å²) in [6.45, 7) is 0.357. The fourth-order valence-corrected chi connectivity index (χ4v) is 3.28. The van der Waals surface area contributed by atoms with Crippen LogP contribution >= 0.6 is 27.5 Å². The molecule has 0 amide bonds. The van der Waals surface area contributed by atoms with Gasteiger partial charge in [-0.05, 0) is 36.6 Å². The minimum Gasteiger partial charge on any atom is -0.309 e. The summed E-state index contributed by atoms with van der Waals surface area (Å²) < 4.78 is 39.8. The fraction of sp³-hybridized carbons (Fsp3) is 0.571. The second kappa shape index (κ2) is 6.67. The van der Waals surface area contributed by atoms with Gasteiger partial charge in [0, 0.05) is 22.1 Å². The molecular formula is C14H16BrClF3N. The highest BCUT2D eigenvalue weighted by molar-refractivity contribution is 9.10. The molecule has 0 heterocycles. The molecule has 0 spiro atoms. The molecule has 0 saturated heterocycles. The summed E-state index contributed by atoms with van der Waals surface area (Å²) in [4.78, 5) is 0. The normalized spacial score (nSPS) is 23.9. The Kier molecular flexibility index (Phi) is 5.37. The van der Waals surface area contributed by atoms with Gasteiger partial charge in [-0.25, -0.2) is 0 Å². The lowest BCUT2D eigenvalue weighted by atomic mass is 9.84. The number of hydrogen-bond acceptors (Lipinski definition) is 1. The van der Waals surface area contributed by atoms with Crippen LogP contribution in [-0.4, -0.2) is 12.2 Å². The molecule has 6 heteroatoms. The Balaban J connectivity index is 2.03. The molecule has 1 aromatic rings. The van der Waals surface area contributed by atoms with Gasteiger partial charge in [-0.3, -0.25) is 0 Å². The molecule has 1 nitrogen and oxygen atoms in total. The van der Waals surface area contributed by atoms with Crippen molar-refractivity contribution in [1.29, 1.82) is 0 Å². The van der Waals surface area contributed by atoms with Crippen molar-refractivity contribution >= 4 is 27.5 Å². The maximum absolute atomic E-state index is 13.0. The highest BCUT2D eigenvalue weighted by Crippen LogP contribution is 2.38. The number of benzene rings is 1. The van der Waals surface area contributed by atoms with E-state index in [1.54, 1.807) is 6.07 Å². The van der Waals surface area contributed by atoms with Crippen molar-refractivity contribution in [2.75, 3.05) is 0 Å². The predicted molar refractivity (Wildman–Crippen MR) is 77.8 cm³/mol. The summed E-state index contributed by atoms with van der Waals surface area (Å²) in [5.74, 6) is -1.25. The Morgan fingerprint density at radius 1 is 1.25 bits per heavy atom. The maximum Gasteiger partial charge on any atom is 0.393 e. The van der Waals surface area contributed by atoms with Crippen molar-refractivity contribution < 1.29 is 13.2 Å². The van der Waals surface area contributed by atoms with E-state index in [1.165, 1.54) is 0 Å². The van der Waals surface area contributed by atoms with Crippen LogP contribution in [0.25, 0.3) is 0 Å². The Morgan fingerprint density at radius 2 is 1.95 bits per heavy atom. The Hall–Kier alpha value is -0.260. The molecule has 112 valence electrons. The summed E-state index contributed by atoms with van der Waals surface area (Å²) in [5.41, 5.74) is 0.813. The lowest BCUT2D eigenvalue weighted by molar-refractivity contribution is -0.189. The van der Waals surface area contributed by atoms with E-state index in [-0.39, 0.29) is 6.42 Å². The van der Waals surface area contributed by atoms with Crippen LogP contribution in [0.3, 0.4) is 0 Å². The lowest BCUT2D eigenvalue weighted by Gasteiger charge is -2.33. The van der Waals surface area contributed by atoms with Crippen LogP contribution in [0, 0.1) is 5.92 Å². The van der Waals surface area contributed by atoms with Gasteiger partial charge < -0.3 is 5.32 Å². The van der Waals surface area contributed by atoms with Crippen LogP contribution in [0.4, 0.5) is 13.2 Å². The van der Waals surface area contributed by atoms with Crippen LogP contribution in [-0.2, 0) is 6.54 Å². The second-order valence-corrected chi connectivity index (χ2v) is 6.48. The van der Waals surface area contributed by atoms with E-state index in [2.05, 4.69) is 21.2 Å². The van der Waals surface area contributed by atoms with E-state index in [0.29, 0.717) is 24.4 Å². The zero-order chi connectivity index (χ0) is 14.8. The number of alkyl halides is 3. The van der Waals surface area contributed by atoms with Crippen LogP contribution < -0.4 is 5.32 Å². The van der Waals surface area contributed by atoms with E-state index in [9.17, 15) is 13.2 Å². The summed E-state index contributed by atoms with van der Waals surface area (Å²) in [6.07, 6.45) is -1.85. The molecule has 0 aliphatic heterocycles. The highest BCUT2D eigenvalue weighted by Gasteiger charge is 2.45. The lowest BCUT2D eigenvalue weighted by Crippen LogP contribution is -2.45. The number of halogens is 5. The molecule has 1 aliphatic carbocycles. The molecule has 0 bridgehead atoms. The third-order valence-corrected chi connectivity index (χ3v) is 4.61. The van der Waals surface area contributed by atoms with Crippen molar-refractivity contribution in [1.82, 2.24) is 5.32 Å². The van der Waals surface area contributed by atoms with Gasteiger partial charge in [-0.2, -0.15) is 13.2 Å². The molecule has 1 N–H and O–H groups in total. The van der Waals surface area contributed by atoms with Crippen molar-refractivity contribution in [2.45, 2.75) is 44.4 Å². The van der Waals surface area contributed by atoms with E-state index < -0.39 is 18.1 Å². The molecule has 1 aliphatic rings. The van der Waals surface area contributed by atoms with Gasteiger partial charge in [-0.15, -0.1) is 0 Å². The first kappa shape index (κ1) is 16.1. The number of nitrogens with one attached hydrogen (secondary N) is 1. The van der Waals surface area contributed by atoms with Gasteiger partial charge in [-0.1, -0.05) is 40.4 Å². The van der Waals surface area contributed by atoms with Gasteiger partial charge in [0.25, 0.3) is 0 Å². The van der Waals surface area contributed by atoms with Gasteiger partial charge in [0.05, 0.1) is 5.92 Å². The van der Waals surface area contributed by atoms with Crippen LogP contribution in [0.15, 0.2) is 22.7 Å². The molecular weight excluding hydrogens is 355 g/mol. The molecule has 1 aromatic carbocycles. The number of rotatable bonds is 3. The summed E-state index contributed by atoms with van der Waals surface area (Å²) in [6, 6.07) is 4.87. The molecule has 2 unspecified atom stereocenters. The second-order valence-electron chi connectivity index (χ2n) is 5.16. The summed E-state index contributed by atoms with van der Waals surface area (Å²) in [5, 5.41) is 3.61. The van der Waals surface area contributed by atoms with E-state index in [0.717, 1.165) is 16.5 Å². The monoisotopic (exact) mass is 369 g/mol. The first-order valence-electron chi connectivity index (χ1n) is 6.62. The largest absolute Gasteiger partial charge is 0.393 e. The third-order valence-electron chi connectivity index (χ3n) is 3.75. The average Bonchev–Trinajstić information content (AvgIpc) is 2.39. The van der Waals surface area contributed by atoms with E-state index >= 15 is 0 Å². The molecule has 1 saturated carbocycles. The zero-order valence-corrected chi connectivity index (χ0v) is 13.2. The van der Waals surface area contributed by atoms with Crippen LogP contribution in [0.1, 0.15) is 31.2 Å². The maximum atomic E-state index is 13.0. The molecule has 20 heavy (non-hydrogen) atoms. The average molecular weight is 371 g/mol. The minimum absolute atomic E-state index is 0.216. The van der Waals surface area contributed by atoms with Gasteiger partial charge >= 0.3 is 6.18 Å². The van der Waals surface area contributed by atoms with Crippen molar-refractivity contribution in [3.05, 3.63) is 33.3 Å². The molecule has 2 atom stereocenters. The Bertz CT molecular complexity index is 464. The van der Waals surface area contributed by atoms with Crippen LogP contribution in [0.5, 0.6) is 0 Å². The fourth-order valence-electron chi connectivity index (χ4n) is 2.69. The van der Waals surface area contributed by atoms with Gasteiger partial charge in [0.2, 0.25) is 0 Å². The predicted octanol–water partition coefficient (Wildman–Crippen LogP) is 5.31. The van der Waals surface area contributed by atoms with E-state index in [4.69, 9.17) is 11.6 Å². The van der Waals surface area contributed by atoms with Crippen LogP contribution in [0.2, 0.25) is 5.02 Å². The topological polar surface area (TPSA) is 12.0 Å². The molecule has 0 radical (unpaired) electrons. The summed E-state index contributed by atoms with van der Waals surface area (Å²) in [7, 11) is 0. The smallest absolute Gasteiger partial charge is 0.309 e. The minimum atomic E-state index is -4.13. The van der Waals surface area contributed by atoms with E-state index in [1.807, 2.05) is 12.1 Å². The van der Waals surface area contributed by atoms with Gasteiger partial charge in [0.1, 0.15) is 0 Å². The quantitative estimate of drug-likeness (QED) is 0.760. The van der Waals surface area contributed by atoms with Crippen molar-refractivity contribution in [3.63, 3.8) is 0 Å². The molecule has 1 fully saturated rings. The Morgan fingerprint density at radius 3 is 2.65 bits per heavy atom. The number of hydrogen-bond donors (Lipinski definition) is 1. The standard InChI is InChI=1S/C14H16BrClF3N/c15-10-5-6-12(16)9(7-10)8-20-13-4-2-1-3-11(13)14(17,18)19/h5-7,11,13,20H,1-4,8H2. The van der Waals surface area contributed by atoms with Gasteiger partial charge in [0.15, 0.2) is 0 Å². The van der Waals surface area contributed by atoms with Crippen molar-refractivity contribution in [3.8, 4) is 0 Å². The first-order valence-corrected chi connectivity index (χ1v) is 7.79. The summed E-state index contributed by atoms with van der Waals surface area (Å²) >= 11 is 9.40. The molecule has 2 rings (SSSR count). The SMILES string of the molecule is FC(F)(F)C1CCCCC1NCc1cc(Br)ccc1Cl. The molecule has 0 aromatic heterocycles. The van der Waals surface area contributed by atoms with Crippen molar-refractivity contribution in [2.24, 2.45) is 5.92 Å². The Labute approximate surface area is 130 Å². The zero-order valence-electron chi connectivity index (χ0n) is 10.8. The third kappa shape index (κ3) is 4.12. The first-order chi connectivity index (χ1) is 9.38. The highest BCUT2D eigenvalue weighted by atomic mass is 79.9.